The van der Waals surface area contributed by atoms with Gasteiger partial charge in [0.2, 0.25) is 0 Å². The van der Waals surface area contributed by atoms with Gasteiger partial charge in [-0.15, -0.1) is 10.2 Å². The number of quaternary nitrogens is 1. The van der Waals surface area contributed by atoms with Crippen LogP contribution in [0.15, 0.2) is 63.5 Å². The van der Waals surface area contributed by atoms with E-state index in [1.807, 2.05) is 49.4 Å². The molecule has 0 radical (unpaired) electrons. The predicted molar refractivity (Wildman–Crippen MR) is 108 cm³/mol. The van der Waals surface area contributed by atoms with E-state index < -0.39 is 0 Å². The number of benzene rings is 2. The molecule has 1 aliphatic carbocycles. The zero-order chi connectivity index (χ0) is 20.5. The minimum atomic E-state index is -0.216. The first-order valence-electron chi connectivity index (χ1n) is 10.1. The molecule has 1 saturated carbocycles. The number of hydrogen-bond donors (Lipinski definition) is 1. The fourth-order valence-electron chi connectivity index (χ4n) is 3.74. The van der Waals surface area contributed by atoms with E-state index in [0.29, 0.717) is 35.8 Å². The number of aromatic nitrogens is 3. The lowest BCUT2D eigenvalue weighted by atomic mass is 10.1. The van der Waals surface area contributed by atoms with Gasteiger partial charge in [0.25, 0.3) is 11.8 Å². The van der Waals surface area contributed by atoms with E-state index in [2.05, 4.69) is 15.4 Å². The van der Waals surface area contributed by atoms with E-state index in [9.17, 15) is 4.39 Å². The molecule has 2 aromatic carbocycles. The van der Waals surface area contributed by atoms with Gasteiger partial charge in [0.05, 0.1) is 6.04 Å². The van der Waals surface area contributed by atoms with Crippen molar-refractivity contribution >= 4 is 0 Å². The Labute approximate surface area is 173 Å². The van der Waals surface area contributed by atoms with Crippen molar-refractivity contribution in [1.82, 2.24) is 15.4 Å². The molecule has 1 N–H and O–H groups in total. The summed E-state index contributed by atoms with van der Waals surface area (Å²) in [6.07, 6.45) is 2.36. The first kappa shape index (κ1) is 18.7. The highest BCUT2D eigenvalue weighted by molar-refractivity contribution is 5.77. The second-order valence-electron chi connectivity index (χ2n) is 7.74. The molecule has 7 heteroatoms. The molecule has 0 bridgehead atoms. The molecule has 0 aliphatic heterocycles. The van der Waals surface area contributed by atoms with Crippen molar-refractivity contribution in [3.05, 3.63) is 77.6 Å². The summed E-state index contributed by atoms with van der Waals surface area (Å²) in [4.78, 5) is 1.35. The van der Waals surface area contributed by atoms with Crippen LogP contribution in [0.4, 0.5) is 4.39 Å². The second-order valence-corrected chi connectivity index (χ2v) is 7.74. The Kier molecular flexibility index (Phi) is 4.88. The predicted octanol–water partition coefficient (Wildman–Crippen LogP) is 3.59. The highest BCUT2D eigenvalue weighted by Gasteiger charge is 2.34. The van der Waals surface area contributed by atoms with Gasteiger partial charge in [-0.2, -0.15) is 0 Å². The van der Waals surface area contributed by atoms with Gasteiger partial charge >= 0.3 is 0 Å². The molecule has 152 valence electrons. The summed E-state index contributed by atoms with van der Waals surface area (Å²) in [5, 5.41) is 12.8. The molecule has 1 aliphatic rings. The van der Waals surface area contributed by atoms with E-state index >= 15 is 0 Å². The van der Waals surface area contributed by atoms with Crippen LogP contribution in [-0.4, -0.2) is 21.4 Å². The van der Waals surface area contributed by atoms with Crippen molar-refractivity contribution in [2.24, 2.45) is 0 Å². The Morgan fingerprint density at radius 1 is 1.00 bits per heavy atom. The summed E-state index contributed by atoms with van der Waals surface area (Å²) < 4.78 is 24.7. The Morgan fingerprint density at radius 2 is 1.77 bits per heavy atom. The lowest BCUT2D eigenvalue weighted by Gasteiger charge is -2.17. The van der Waals surface area contributed by atoms with Crippen LogP contribution in [0.3, 0.4) is 0 Å². The molecule has 0 amide bonds. The maximum atomic E-state index is 13.2. The monoisotopic (exact) mass is 405 g/mol. The Bertz CT molecular complexity index is 1130. The normalized spacial score (nSPS) is 14.7. The minimum absolute atomic E-state index is 0.216. The average Bonchev–Trinajstić information content (AvgIpc) is 3.40. The van der Waals surface area contributed by atoms with Crippen LogP contribution >= 0.6 is 0 Å². The largest absolute Gasteiger partial charge is 0.415 e. The third-order valence-electron chi connectivity index (χ3n) is 5.47. The Hall–Kier alpha value is -3.32. The highest BCUT2D eigenvalue weighted by atomic mass is 19.1. The first-order valence-corrected chi connectivity index (χ1v) is 10.1. The van der Waals surface area contributed by atoms with E-state index in [-0.39, 0.29) is 5.82 Å². The van der Waals surface area contributed by atoms with Crippen molar-refractivity contribution in [2.45, 2.75) is 38.9 Å². The van der Waals surface area contributed by atoms with E-state index in [1.54, 1.807) is 0 Å². The third kappa shape index (κ3) is 3.89. The summed E-state index contributed by atoms with van der Waals surface area (Å²) in [5.74, 6) is 1.42. The van der Waals surface area contributed by atoms with Crippen LogP contribution < -0.4 is 4.90 Å². The summed E-state index contributed by atoms with van der Waals surface area (Å²) in [6.45, 7) is 3.26. The average molecular weight is 405 g/mol. The summed E-state index contributed by atoms with van der Waals surface area (Å²) in [6, 6.07) is 17.1. The van der Waals surface area contributed by atoms with Crippen LogP contribution in [0.1, 0.15) is 30.1 Å². The molecular weight excluding hydrogens is 383 g/mol. The first-order chi connectivity index (χ1) is 14.7. The smallest absolute Gasteiger partial charge is 0.271 e. The molecule has 0 saturated heterocycles. The molecule has 2 aromatic heterocycles. The molecule has 5 rings (SSSR count). The van der Waals surface area contributed by atoms with Crippen molar-refractivity contribution in [3.8, 4) is 22.7 Å². The molecule has 0 spiro atoms. The SMILES string of the molecule is Cc1onc(-c2ccccc2)c1-c1nnc(C[NH+](Cc2ccc(F)cc2)C2CC2)o1. The van der Waals surface area contributed by atoms with Crippen LogP contribution in [-0.2, 0) is 13.1 Å². The summed E-state index contributed by atoms with van der Waals surface area (Å²) in [7, 11) is 0. The van der Waals surface area contributed by atoms with Crippen molar-refractivity contribution < 1.29 is 18.2 Å². The number of nitrogens with one attached hydrogen (secondary N) is 1. The molecule has 30 heavy (non-hydrogen) atoms. The van der Waals surface area contributed by atoms with E-state index in [0.717, 1.165) is 23.2 Å². The standard InChI is InChI=1S/C23H21FN4O2/c1-15-21(22(27-30-15)17-5-3-2-4-6-17)23-26-25-20(29-23)14-28(19-11-12-19)13-16-7-9-18(24)10-8-16/h2-10,19H,11-14H2,1H3/p+1. The van der Waals surface area contributed by atoms with Gasteiger partial charge < -0.3 is 13.8 Å². The van der Waals surface area contributed by atoms with Crippen LogP contribution in [0, 0.1) is 12.7 Å². The number of nitrogens with zero attached hydrogens (tertiary/aromatic N) is 3. The fourth-order valence-corrected chi connectivity index (χ4v) is 3.74. The van der Waals surface area contributed by atoms with Crippen LogP contribution in [0.25, 0.3) is 22.7 Å². The molecule has 1 fully saturated rings. The highest BCUT2D eigenvalue weighted by Crippen LogP contribution is 2.33. The number of halogens is 1. The second kappa shape index (κ2) is 7.84. The van der Waals surface area contributed by atoms with Gasteiger partial charge in [-0.1, -0.05) is 47.6 Å². The quantitative estimate of drug-likeness (QED) is 0.509. The van der Waals surface area contributed by atoms with Gasteiger partial charge in [0.1, 0.15) is 29.4 Å². The molecule has 6 nitrogen and oxygen atoms in total. The lowest BCUT2D eigenvalue weighted by molar-refractivity contribution is -0.939. The lowest BCUT2D eigenvalue weighted by Crippen LogP contribution is -3.10. The molecular formula is C23H22FN4O2+. The number of hydrogen-bond acceptors (Lipinski definition) is 5. The molecule has 2 heterocycles. The van der Waals surface area contributed by atoms with Gasteiger partial charge in [0.15, 0.2) is 6.54 Å². The maximum absolute atomic E-state index is 13.2. The van der Waals surface area contributed by atoms with Crippen LogP contribution in [0.5, 0.6) is 0 Å². The Balaban J connectivity index is 1.38. The number of aryl methyl sites for hydroxylation is 1. The van der Waals surface area contributed by atoms with Crippen molar-refractivity contribution in [1.29, 1.82) is 0 Å². The van der Waals surface area contributed by atoms with Gasteiger partial charge in [-0.3, -0.25) is 0 Å². The molecule has 4 aromatic rings. The number of rotatable bonds is 7. The maximum Gasteiger partial charge on any atom is 0.271 e. The fraction of sp³-hybridized carbons (Fsp3) is 0.261. The van der Waals surface area contributed by atoms with Crippen LogP contribution in [0.2, 0.25) is 0 Å². The van der Waals surface area contributed by atoms with Crippen molar-refractivity contribution in [3.63, 3.8) is 0 Å². The molecule has 1 atom stereocenters. The van der Waals surface area contributed by atoms with Gasteiger partial charge in [-0.05, 0) is 19.1 Å². The zero-order valence-electron chi connectivity index (χ0n) is 16.6. The Morgan fingerprint density at radius 3 is 2.50 bits per heavy atom. The van der Waals surface area contributed by atoms with Crippen molar-refractivity contribution in [2.75, 3.05) is 0 Å². The summed E-state index contributed by atoms with van der Waals surface area (Å²) in [5.41, 5.74) is 3.46. The van der Waals surface area contributed by atoms with E-state index in [1.165, 1.54) is 29.9 Å². The van der Waals surface area contributed by atoms with Gasteiger partial charge in [0, 0.05) is 24.0 Å². The van der Waals surface area contributed by atoms with E-state index in [4.69, 9.17) is 8.94 Å². The zero-order valence-corrected chi connectivity index (χ0v) is 16.6. The minimum Gasteiger partial charge on any atom is -0.415 e. The summed E-state index contributed by atoms with van der Waals surface area (Å²) >= 11 is 0. The topological polar surface area (TPSA) is 69.4 Å². The third-order valence-corrected chi connectivity index (χ3v) is 5.47. The molecule has 1 unspecified atom stereocenters. The van der Waals surface area contributed by atoms with Gasteiger partial charge in [-0.25, -0.2) is 4.39 Å².